The molecule has 0 saturated carbocycles. The van der Waals surface area contributed by atoms with E-state index in [4.69, 9.17) is 15.0 Å². The van der Waals surface area contributed by atoms with Crippen LogP contribution in [0, 0.1) is 0 Å². The number of nitrogens with two attached hydrogens (primary N) is 1. The summed E-state index contributed by atoms with van der Waals surface area (Å²) < 4.78 is 9.85. The van der Waals surface area contributed by atoms with Crippen LogP contribution in [0.2, 0.25) is 0 Å². The lowest BCUT2D eigenvalue weighted by Crippen LogP contribution is -2.07. The maximum atomic E-state index is 9.47. The van der Waals surface area contributed by atoms with Crippen LogP contribution >= 0.6 is 0 Å². The van der Waals surface area contributed by atoms with Gasteiger partial charge >= 0.3 is 0 Å². The molecule has 0 amide bonds. The van der Waals surface area contributed by atoms with Crippen molar-refractivity contribution in [1.29, 1.82) is 0 Å². The summed E-state index contributed by atoms with van der Waals surface area (Å²) in [6.07, 6.45) is -0.619. The number of ether oxygens (including phenoxy) is 1. The number of nitrogens with zero attached hydrogens (tertiary/aromatic N) is 2. The molecule has 1 aromatic heterocycles. The summed E-state index contributed by atoms with van der Waals surface area (Å²) in [5, 5.41) is 13.1. The van der Waals surface area contributed by atoms with E-state index in [1.807, 2.05) is 0 Å². The highest BCUT2D eigenvalue weighted by molar-refractivity contribution is 4.92. The minimum absolute atomic E-state index is 0.189. The third-order valence-electron chi connectivity index (χ3n) is 1.90. The normalized spacial score (nSPS) is 15.4. The fourth-order valence-corrected chi connectivity index (χ4v) is 0.934. The van der Waals surface area contributed by atoms with E-state index in [1.165, 1.54) is 0 Å². The van der Waals surface area contributed by atoms with Gasteiger partial charge in [-0.1, -0.05) is 5.16 Å². The fraction of sp³-hybridized carbons (Fsp3) is 0.750. The number of hydrogen-bond donors (Lipinski definition) is 2. The van der Waals surface area contributed by atoms with E-state index in [0.29, 0.717) is 18.8 Å². The molecule has 2 atom stereocenters. The maximum Gasteiger partial charge on any atom is 0.255 e. The molecule has 80 valence electrons. The Balaban J connectivity index is 2.67. The number of aliphatic hydroxyl groups excluding tert-OH is 1. The molecule has 0 aliphatic carbocycles. The van der Waals surface area contributed by atoms with E-state index in [9.17, 15) is 5.11 Å². The number of hydrogen-bond acceptors (Lipinski definition) is 6. The summed E-state index contributed by atoms with van der Waals surface area (Å²) >= 11 is 0. The van der Waals surface area contributed by atoms with E-state index in [0.717, 1.165) is 0 Å². The van der Waals surface area contributed by atoms with Crippen LogP contribution < -0.4 is 5.73 Å². The number of aliphatic hydroxyl groups is 1. The highest BCUT2D eigenvalue weighted by Gasteiger charge is 2.18. The lowest BCUT2D eigenvalue weighted by atomic mass is 10.2. The van der Waals surface area contributed by atoms with Crippen LogP contribution in [0.15, 0.2) is 4.52 Å². The van der Waals surface area contributed by atoms with Gasteiger partial charge < -0.3 is 20.1 Å². The number of rotatable bonds is 5. The van der Waals surface area contributed by atoms with Crippen molar-refractivity contribution in [3.8, 4) is 0 Å². The lowest BCUT2D eigenvalue weighted by Gasteiger charge is -2.02. The Kier molecular flexibility index (Phi) is 3.99. The summed E-state index contributed by atoms with van der Waals surface area (Å²) in [6.45, 7) is 2.17. The molecule has 0 spiro atoms. The van der Waals surface area contributed by atoms with Gasteiger partial charge in [0.15, 0.2) is 5.82 Å². The molecular formula is C8H15N3O3. The average Bonchev–Trinajstić information content (AvgIpc) is 2.66. The van der Waals surface area contributed by atoms with Crippen molar-refractivity contribution in [3.63, 3.8) is 0 Å². The maximum absolute atomic E-state index is 9.47. The van der Waals surface area contributed by atoms with Gasteiger partial charge in [0.25, 0.3) is 5.89 Å². The third kappa shape index (κ3) is 2.50. The SMILES string of the molecule is COC(C)c1noc(C(O)CCN)n1. The van der Waals surface area contributed by atoms with Gasteiger partial charge in [0.2, 0.25) is 0 Å². The zero-order chi connectivity index (χ0) is 10.6. The van der Waals surface area contributed by atoms with Crippen LogP contribution in [0.1, 0.15) is 37.3 Å². The van der Waals surface area contributed by atoms with Crippen molar-refractivity contribution < 1.29 is 14.4 Å². The molecule has 3 N–H and O–H groups in total. The predicted octanol–water partition coefficient (Wildman–Crippen LogP) is 0.159. The molecule has 0 fully saturated rings. The Hall–Kier alpha value is -0.980. The average molecular weight is 201 g/mol. The van der Waals surface area contributed by atoms with Crippen molar-refractivity contribution in [1.82, 2.24) is 10.1 Å². The van der Waals surface area contributed by atoms with Crippen molar-refractivity contribution in [2.45, 2.75) is 25.6 Å². The first-order valence-corrected chi connectivity index (χ1v) is 4.43. The van der Waals surface area contributed by atoms with E-state index >= 15 is 0 Å². The summed E-state index contributed by atoms with van der Waals surface area (Å²) in [7, 11) is 1.55. The summed E-state index contributed by atoms with van der Waals surface area (Å²) in [5.41, 5.74) is 5.29. The predicted molar refractivity (Wildman–Crippen MR) is 48.4 cm³/mol. The quantitative estimate of drug-likeness (QED) is 0.704. The topological polar surface area (TPSA) is 94.4 Å². The molecule has 1 rings (SSSR count). The highest BCUT2D eigenvalue weighted by Crippen LogP contribution is 2.17. The Morgan fingerprint density at radius 1 is 1.64 bits per heavy atom. The van der Waals surface area contributed by atoms with E-state index in [2.05, 4.69) is 10.1 Å². The third-order valence-corrected chi connectivity index (χ3v) is 1.90. The zero-order valence-electron chi connectivity index (χ0n) is 8.30. The zero-order valence-corrected chi connectivity index (χ0v) is 8.30. The Morgan fingerprint density at radius 3 is 2.93 bits per heavy atom. The standard InChI is InChI=1S/C8H15N3O3/c1-5(13-2)7-10-8(14-11-7)6(12)3-4-9/h5-6,12H,3-4,9H2,1-2H3. The van der Waals surface area contributed by atoms with Gasteiger partial charge in [0.1, 0.15) is 12.2 Å². The summed E-state index contributed by atoms with van der Waals surface area (Å²) in [4.78, 5) is 3.99. The molecule has 1 aromatic rings. The Bertz CT molecular complexity index is 277. The van der Waals surface area contributed by atoms with Gasteiger partial charge in [-0.15, -0.1) is 0 Å². The number of methoxy groups -OCH3 is 1. The van der Waals surface area contributed by atoms with E-state index < -0.39 is 6.10 Å². The fourth-order valence-electron chi connectivity index (χ4n) is 0.934. The van der Waals surface area contributed by atoms with Crippen LogP contribution in [0.5, 0.6) is 0 Å². The molecule has 2 unspecified atom stereocenters. The molecule has 6 heteroatoms. The van der Waals surface area contributed by atoms with Gasteiger partial charge in [0.05, 0.1) is 0 Å². The van der Waals surface area contributed by atoms with E-state index in [-0.39, 0.29) is 12.0 Å². The van der Waals surface area contributed by atoms with Crippen molar-refractivity contribution in [2.75, 3.05) is 13.7 Å². The van der Waals surface area contributed by atoms with Crippen LogP contribution in [-0.2, 0) is 4.74 Å². The molecule has 0 aliphatic rings. The van der Waals surface area contributed by atoms with Gasteiger partial charge in [-0.2, -0.15) is 4.98 Å². The first kappa shape index (κ1) is 11.1. The molecule has 0 aromatic carbocycles. The highest BCUT2D eigenvalue weighted by atomic mass is 16.5. The first-order valence-electron chi connectivity index (χ1n) is 4.43. The second kappa shape index (κ2) is 5.04. The van der Waals surface area contributed by atoms with Gasteiger partial charge in [-0.05, 0) is 19.9 Å². The Morgan fingerprint density at radius 2 is 2.36 bits per heavy atom. The van der Waals surface area contributed by atoms with Crippen LogP contribution in [-0.4, -0.2) is 28.9 Å². The molecule has 0 bridgehead atoms. The molecule has 0 radical (unpaired) electrons. The van der Waals surface area contributed by atoms with Crippen LogP contribution in [0.25, 0.3) is 0 Å². The second-order valence-corrected chi connectivity index (χ2v) is 2.96. The first-order chi connectivity index (χ1) is 6.69. The number of aromatic nitrogens is 2. The molecular weight excluding hydrogens is 186 g/mol. The van der Waals surface area contributed by atoms with Gasteiger partial charge in [0, 0.05) is 7.11 Å². The summed E-state index contributed by atoms with van der Waals surface area (Å²) in [5.74, 6) is 0.618. The molecule has 6 nitrogen and oxygen atoms in total. The van der Waals surface area contributed by atoms with Crippen LogP contribution in [0.4, 0.5) is 0 Å². The molecule has 0 aliphatic heterocycles. The molecule has 14 heavy (non-hydrogen) atoms. The van der Waals surface area contributed by atoms with Gasteiger partial charge in [-0.3, -0.25) is 0 Å². The monoisotopic (exact) mass is 201 g/mol. The molecule has 0 saturated heterocycles. The van der Waals surface area contributed by atoms with Gasteiger partial charge in [-0.25, -0.2) is 0 Å². The Labute approximate surface area is 82.1 Å². The van der Waals surface area contributed by atoms with Crippen molar-refractivity contribution in [2.24, 2.45) is 5.73 Å². The lowest BCUT2D eigenvalue weighted by molar-refractivity contribution is 0.109. The van der Waals surface area contributed by atoms with Crippen molar-refractivity contribution in [3.05, 3.63) is 11.7 Å². The largest absolute Gasteiger partial charge is 0.383 e. The molecule has 1 heterocycles. The second-order valence-electron chi connectivity index (χ2n) is 2.96. The van der Waals surface area contributed by atoms with Crippen LogP contribution in [0.3, 0.4) is 0 Å². The minimum Gasteiger partial charge on any atom is -0.383 e. The summed E-state index contributed by atoms with van der Waals surface area (Å²) in [6, 6.07) is 0. The van der Waals surface area contributed by atoms with E-state index in [1.54, 1.807) is 14.0 Å². The van der Waals surface area contributed by atoms with Crippen molar-refractivity contribution >= 4 is 0 Å². The smallest absolute Gasteiger partial charge is 0.255 e. The minimum atomic E-state index is -0.787.